The molecule has 3 N–H and O–H groups in total. The Kier molecular flexibility index (Phi) is 7.05. The van der Waals surface area contributed by atoms with Gasteiger partial charge in [0.05, 0.1) is 0 Å². The molecule has 0 spiro atoms. The van der Waals surface area contributed by atoms with Crippen LogP contribution in [0.15, 0.2) is 4.99 Å². The van der Waals surface area contributed by atoms with E-state index in [1.54, 1.807) is 0 Å². The van der Waals surface area contributed by atoms with Crippen LogP contribution in [0.2, 0.25) is 0 Å². The van der Waals surface area contributed by atoms with E-state index in [1.807, 2.05) is 6.92 Å². The number of guanidine groups is 1. The van der Waals surface area contributed by atoms with Crippen molar-refractivity contribution in [3.05, 3.63) is 0 Å². The van der Waals surface area contributed by atoms with Gasteiger partial charge in [0.2, 0.25) is 5.96 Å². The van der Waals surface area contributed by atoms with Gasteiger partial charge in [0, 0.05) is 32.3 Å². The van der Waals surface area contributed by atoms with Crippen LogP contribution in [0.4, 0.5) is 0 Å². The second kappa shape index (κ2) is 8.32. The second-order valence-corrected chi connectivity index (χ2v) is 5.09. The van der Waals surface area contributed by atoms with Crippen LogP contribution in [0.3, 0.4) is 0 Å². The minimum absolute atomic E-state index is 0.423. The molecule has 106 valence electrons. The van der Waals surface area contributed by atoms with Crippen molar-refractivity contribution in [1.29, 1.82) is 0 Å². The molecule has 5 nitrogen and oxygen atoms in total. The van der Waals surface area contributed by atoms with Crippen LogP contribution in [0.1, 0.15) is 40.0 Å². The largest absolute Gasteiger partial charge is 0.382 e. The first-order chi connectivity index (χ1) is 8.69. The summed E-state index contributed by atoms with van der Waals surface area (Å²) in [7, 11) is 0. The number of rotatable bonds is 8. The Bertz CT molecular complexity index is 251. The first kappa shape index (κ1) is 15.2. The topological polar surface area (TPSA) is 62.9 Å². The minimum Gasteiger partial charge on any atom is -0.382 e. The van der Waals surface area contributed by atoms with Crippen molar-refractivity contribution in [2.75, 3.05) is 26.3 Å². The highest BCUT2D eigenvalue weighted by molar-refractivity contribution is 5.79. The predicted molar refractivity (Wildman–Crippen MR) is 75.3 cm³/mol. The summed E-state index contributed by atoms with van der Waals surface area (Å²) < 4.78 is 5.30. The number of hydrogen-bond acceptors (Lipinski definition) is 3. The molecule has 0 aromatic rings. The number of hydrazine groups is 1. The monoisotopic (exact) mass is 256 g/mol. The SMILES string of the molecule is CCOCCCN=C(NN)N(CC1CC1)C(C)C. The molecule has 1 aliphatic rings. The Balaban J connectivity index is 2.40. The van der Waals surface area contributed by atoms with Crippen LogP contribution in [0.5, 0.6) is 0 Å². The lowest BCUT2D eigenvalue weighted by Crippen LogP contribution is -2.49. The highest BCUT2D eigenvalue weighted by Gasteiger charge is 2.26. The van der Waals surface area contributed by atoms with Crippen molar-refractivity contribution in [3.8, 4) is 0 Å². The van der Waals surface area contributed by atoms with Gasteiger partial charge in [0.25, 0.3) is 0 Å². The van der Waals surface area contributed by atoms with Gasteiger partial charge in [-0.2, -0.15) is 0 Å². The van der Waals surface area contributed by atoms with E-state index >= 15 is 0 Å². The number of nitrogens with zero attached hydrogens (tertiary/aromatic N) is 2. The summed E-state index contributed by atoms with van der Waals surface area (Å²) in [5, 5.41) is 0. The van der Waals surface area contributed by atoms with Crippen molar-refractivity contribution < 1.29 is 4.74 Å². The molecule has 1 rings (SSSR count). The van der Waals surface area contributed by atoms with Gasteiger partial charge >= 0.3 is 0 Å². The van der Waals surface area contributed by atoms with Gasteiger partial charge in [-0.3, -0.25) is 10.4 Å². The third-order valence-electron chi connectivity index (χ3n) is 3.09. The smallest absolute Gasteiger partial charge is 0.208 e. The zero-order chi connectivity index (χ0) is 13.4. The van der Waals surface area contributed by atoms with Crippen molar-refractivity contribution in [2.24, 2.45) is 16.8 Å². The normalized spacial score (nSPS) is 16.2. The summed E-state index contributed by atoms with van der Waals surface area (Å²) in [6.07, 6.45) is 3.62. The van der Waals surface area contributed by atoms with Crippen LogP contribution in [0.25, 0.3) is 0 Å². The van der Waals surface area contributed by atoms with Crippen molar-refractivity contribution in [2.45, 2.75) is 46.1 Å². The fraction of sp³-hybridized carbons (Fsp3) is 0.923. The van der Waals surface area contributed by atoms with E-state index in [-0.39, 0.29) is 0 Å². The van der Waals surface area contributed by atoms with Gasteiger partial charge in [-0.25, -0.2) is 5.84 Å². The van der Waals surface area contributed by atoms with Gasteiger partial charge in [-0.1, -0.05) is 0 Å². The maximum Gasteiger partial charge on any atom is 0.208 e. The second-order valence-electron chi connectivity index (χ2n) is 5.09. The third-order valence-corrected chi connectivity index (χ3v) is 3.09. The van der Waals surface area contributed by atoms with E-state index in [0.29, 0.717) is 6.04 Å². The van der Waals surface area contributed by atoms with E-state index in [4.69, 9.17) is 10.6 Å². The molecule has 0 unspecified atom stereocenters. The van der Waals surface area contributed by atoms with Crippen LogP contribution in [-0.4, -0.2) is 43.2 Å². The molecule has 0 amide bonds. The van der Waals surface area contributed by atoms with E-state index < -0.39 is 0 Å². The quantitative estimate of drug-likeness (QED) is 0.226. The Morgan fingerprint density at radius 1 is 1.50 bits per heavy atom. The van der Waals surface area contributed by atoms with Gasteiger partial charge in [-0.15, -0.1) is 0 Å². The average molecular weight is 256 g/mol. The molecule has 5 heteroatoms. The molecule has 1 aliphatic carbocycles. The Labute approximate surface area is 111 Å². The molecule has 1 fully saturated rings. The molecule has 0 bridgehead atoms. The average Bonchev–Trinajstić information content (AvgIpc) is 3.15. The van der Waals surface area contributed by atoms with Gasteiger partial charge in [0.1, 0.15) is 0 Å². The zero-order valence-corrected chi connectivity index (χ0v) is 12.0. The predicted octanol–water partition coefficient (Wildman–Crippen LogP) is 1.35. The molecule has 0 aromatic heterocycles. The van der Waals surface area contributed by atoms with E-state index in [0.717, 1.165) is 44.6 Å². The molecule has 0 atom stereocenters. The zero-order valence-electron chi connectivity index (χ0n) is 12.0. The molecular formula is C13H28N4O. The lowest BCUT2D eigenvalue weighted by molar-refractivity contribution is 0.146. The highest BCUT2D eigenvalue weighted by Crippen LogP contribution is 2.30. The van der Waals surface area contributed by atoms with E-state index in [1.165, 1.54) is 12.8 Å². The summed E-state index contributed by atoms with van der Waals surface area (Å²) in [4.78, 5) is 6.81. The summed E-state index contributed by atoms with van der Waals surface area (Å²) >= 11 is 0. The maximum absolute atomic E-state index is 5.59. The maximum atomic E-state index is 5.59. The summed E-state index contributed by atoms with van der Waals surface area (Å²) in [6.45, 7) is 9.71. The van der Waals surface area contributed by atoms with E-state index in [2.05, 4.69) is 29.2 Å². The van der Waals surface area contributed by atoms with Crippen LogP contribution in [0, 0.1) is 5.92 Å². The number of aliphatic imine (C=N–C) groups is 1. The molecule has 18 heavy (non-hydrogen) atoms. The Hall–Kier alpha value is -0.810. The molecular weight excluding hydrogens is 228 g/mol. The molecule has 0 aromatic carbocycles. The summed E-state index contributed by atoms with van der Waals surface area (Å²) in [5.74, 6) is 7.24. The molecule has 0 heterocycles. The Morgan fingerprint density at radius 2 is 2.22 bits per heavy atom. The molecule has 0 saturated heterocycles. The van der Waals surface area contributed by atoms with Crippen molar-refractivity contribution in [1.82, 2.24) is 10.3 Å². The lowest BCUT2D eigenvalue weighted by Gasteiger charge is -2.29. The number of nitrogens with one attached hydrogen (secondary N) is 1. The standard InChI is InChI=1S/C13H28N4O/c1-4-18-9-5-8-15-13(16-14)17(11(2)3)10-12-6-7-12/h11-12H,4-10,14H2,1-3H3,(H,15,16). The van der Waals surface area contributed by atoms with Crippen LogP contribution in [-0.2, 0) is 4.74 Å². The van der Waals surface area contributed by atoms with Gasteiger partial charge in [0.15, 0.2) is 0 Å². The van der Waals surface area contributed by atoms with Crippen molar-refractivity contribution in [3.63, 3.8) is 0 Å². The van der Waals surface area contributed by atoms with Gasteiger partial charge < -0.3 is 9.64 Å². The molecule has 1 saturated carbocycles. The minimum atomic E-state index is 0.423. The van der Waals surface area contributed by atoms with E-state index in [9.17, 15) is 0 Å². The first-order valence-corrected chi connectivity index (χ1v) is 7.04. The van der Waals surface area contributed by atoms with Crippen LogP contribution < -0.4 is 11.3 Å². The van der Waals surface area contributed by atoms with Crippen molar-refractivity contribution >= 4 is 5.96 Å². The number of hydrogen-bond donors (Lipinski definition) is 2. The van der Waals surface area contributed by atoms with Crippen LogP contribution >= 0.6 is 0 Å². The van der Waals surface area contributed by atoms with Gasteiger partial charge in [-0.05, 0) is 46.0 Å². The fourth-order valence-electron chi connectivity index (χ4n) is 1.84. The number of nitrogens with two attached hydrogens (primary N) is 1. The third kappa shape index (κ3) is 5.69. The summed E-state index contributed by atoms with van der Waals surface area (Å²) in [5.41, 5.74) is 2.74. The number of ether oxygens (including phenoxy) is 1. The first-order valence-electron chi connectivity index (χ1n) is 7.04. The molecule has 0 radical (unpaired) electrons. The highest BCUT2D eigenvalue weighted by atomic mass is 16.5. The fourth-order valence-corrected chi connectivity index (χ4v) is 1.84. The molecule has 0 aliphatic heterocycles. The summed E-state index contributed by atoms with van der Waals surface area (Å²) in [6, 6.07) is 0.423. The Morgan fingerprint density at radius 3 is 2.72 bits per heavy atom. The lowest BCUT2D eigenvalue weighted by atomic mass is 10.3.